The van der Waals surface area contributed by atoms with E-state index < -0.39 is 0 Å². The predicted octanol–water partition coefficient (Wildman–Crippen LogP) is 4.69. The van der Waals surface area contributed by atoms with Gasteiger partial charge in [0, 0.05) is 11.8 Å². The van der Waals surface area contributed by atoms with Crippen molar-refractivity contribution in [3.8, 4) is 22.7 Å². The number of benzene rings is 2. The lowest BCUT2D eigenvalue weighted by Gasteiger charge is -2.05. The molecule has 6 nitrogen and oxygen atoms in total. The Hall–Kier alpha value is -3.93. The summed E-state index contributed by atoms with van der Waals surface area (Å²) in [4.78, 5) is 22.4. The normalized spacial score (nSPS) is 11.5. The van der Waals surface area contributed by atoms with Crippen molar-refractivity contribution in [1.82, 2.24) is 14.8 Å². The maximum atomic E-state index is 13.4. The van der Waals surface area contributed by atoms with E-state index in [0.717, 1.165) is 22.6 Å². The van der Waals surface area contributed by atoms with E-state index in [1.807, 2.05) is 80.6 Å². The molecule has 0 spiro atoms. The molecule has 0 radical (unpaired) electrons. The van der Waals surface area contributed by atoms with Crippen molar-refractivity contribution in [2.75, 3.05) is 7.11 Å². The van der Waals surface area contributed by atoms with E-state index in [1.54, 1.807) is 18.0 Å². The zero-order chi connectivity index (χ0) is 21.1. The summed E-state index contributed by atoms with van der Waals surface area (Å²) in [6, 6.07) is 20.9. The van der Waals surface area contributed by atoms with Crippen molar-refractivity contribution in [3.05, 3.63) is 94.4 Å². The molecular weight excluding hydrogens is 376 g/mol. The van der Waals surface area contributed by atoms with E-state index in [1.165, 1.54) is 0 Å². The zero-order valence-corrected chi connectivity index (χ0v) is 17.1. The number of pyridine rings is 1. The van der Waals surface area contributed by atoms with Crippen LogP contribution in [0.5, 0.6) is 5.75 Å². The van der Waals surface area contributed by atoms with Gasteiger partial charge in [-0.05, 0) is 61.9 Å². The number of aryl methyl sites for hydroxylation is 1. The molecule has 0 aliphatic heterocycles. The number of aromatic nitrogens is 3. The van der Waals surface area contributed by atoms with E-state index >= 15 is 0 Å². The first-order valence-electron chi connectivity index (χ1n) is 9.60. The number of hydrogen-bond donors (Lipinski definition) is 1. The smallest absolute Gasteiger partial charge is 0.280 e. The van der Waals surface area contributed by atoms with Gasteiger partial charge in [0.05, 0.1) is 29.8 Å². The molecule has 0 fully saturated rings. The van der Waals surface area contributed by atoms with Gasteiger partial charge in [-0.3, -0.25) is 9.89 Å². The fourth-order valence-electron chi connectivity index (χ4n) is 3.31. The summed E-state index contributed by atoms with van der Waals surface area (Å²) in [7, 11) is 1.63. The number of para-hydroxylation sites is 1. The summed E-state index contributed by atoms with van der Waals surface area (Å²) in [5, 5.41) is 3.26. The Balaban J connectivity index is 1.92. The topological polar surface area (TPSA) is 72.3 Å². The minimum atomic E-state index is -0.165. The maximum absolute atomic E-state index is 13.4. The number of aliphatic imine (C=N–C) groups is 1. The van der Waals surface area contributed by atoms with Crippen molar-refractivity contribution >= 4 is 11.5 Å². The van der Waals surface area contributed by atoms with Gasteiger partial charge in [0.1, 0.15) is 5.75 Å². The summed E-state index contributed by atoms with van der Waals surface area (Å²) in [5.74, 6) is 1.35. The largest absolute Gasteiger partial charge is 0.497 e. The van der Waals surface area contributed by atoms with Crippen molar-refractivity contribution in [2.45, 2.75) is 13.8 Å². The molecule has 2 aromatic carbocycles. The van der Waals surface area contributed by atoms with Crippen LogP contribution in [0, 0.1) is 6.92 Å². The second kappa shape index (κ2) is 8.21. The first kappa shape index (κ1) is 19.4. The molecule has 4 rings (SSSR count). The molecule has 6 heteroatoms. The van der Waals surface area contributed by atoms with Crippen LogP contribution in [0.2, 0.25) is 0 Å². The summed E-state index contributed by atoms with van der Waals surface area (Å²) in [5.41, 5.74) is 4.20. The summed E-state index contributed by atoms with van der Waals surface area (Å²) in [6.07, 6.45) is 1.70. The van der Waals surface area contributed by atoms with Gasteiger partial charge in [-0.15, -0.1) is 0 Å². The zero-order valence-electron chi connectivity index (χ0n) is 17.1. The number of hydrogen-bond acceptors (Lipinski definition) is 4. The van der Waals surface area contributed by atoms with E-state index in [-0.39, 0.29) is 5.56 Å². The molecule has 150 valence electrons. The van der Waals surface area contributed by atoms with Crippen LogP contribution >= 0.6 is 0 Å². The third-order valence-electron chi connectivity index (χ3n) is 4.90. The van der Waals surface area contributed by atoms with Crippen LogP contribution in [-0.2, 0) is 0 Å². The molecule has 30 heavy (non-hydrogen) atoms. The highest BCUT2D eigenvalue weighted by molar-refractivity contribution is 6.04. The van der Waals surface area contributed by atoms with E-state index in [0.29, 0.717) is 22.8 Å². The van der Waals surface area contributed by atoms with Crippen molar-refractivity contribution < 1.29 is 4.74 Å². The number of methoxy groups -OCH3 is 1. The van der Waals surface area contributed by atoms with Gasteiger partial charge in [0.2, 0.25) is 0 Å². The molecule has 0 saturated carbocycles. The number of nitrogens with zero attached hydrogens (tertiary/aromatic N) is 3. The lowest BCUT2D eigenvalue weighted by molar-refractivity contribution is 0.415. The third kappa shape index (κ3) is 3.67. The van der Waals surface area contributed by atoms with Gasteiger partial charge in [-0.25, -0.2) is 14.7 Å². The Bertz CT molecular complexity index is 1250. The van der Waals surface area contributed by atoms with Gasteiger partial charge in [-0.2, -0.15) is 0 Å². The first-order valence-corrected chi connectivity index (χ1v) is 9.60. The molecular formula is C24H22N4O2. The van der Waals surface area contributed by atoms with Crippen LogP contribution in [0.1, 0.15) is 18.1 Å². The van der Waals surface area contributed by atoms with Crippen LogP contribution in [0.4, 0.5) is 5.82 Å². The van der Waals surface area contributed by atoms with E-state index in [2.05, 4.69) is 15.1 Å². The summed E-state index contributed by atoms with van der Waals surface area (Å²) >= 11 is 0. The van der Waals surface area contributed by atoms with Crippen LogP contribution in [-0.4, -0.2) is 27.6 Å². The molecule has 2 heterocycles. The predicted molar refractivity (Wildman–Crippen MR) is 119 cm³/mol. The molecule has 4 aromatic rings. The number of rotatable bonds is 5. The summed E-state index contributed by atoms with van der Waals surface area (Å²) < 4.78 is 6.80. The quantitative estimate of drug-likeness (QED) is 0.496. The van der Waals surface area contributed by atoms with Crippen LogP contribution in [0.3, 0.4) is 0 Å². The Morgan fingerprint density at radius 2 is 1.77 bits per heavy atom. The maximum Gasteiger partial charge on any atom is 0.280 e. The van der Waals surface area contributed by atoms with Crippen molar-refractivity contribution in [1.29, 1.82) is 0 Å². The lowest BCUT2D eigenvalue weighted by Crippen LogP contribution is -2.19. The molecule has 0 bridgehead atoms. The average molecular weight is 398 g/mol. The molecule has 0 aliphatic carbocycles. The van der Waals surface area contributed by atoms with Gasteiger partial charge >= 0.3 is 0 Å². The van der Waals surface area contributed by atoms with Crippen LogP contribution in [0.25, 0.3) is 16.9 Å². The van der Waals surface area contributed by atoms with Gasteiger partial charge in [0.25, 0.3) is 5.56 Å². The molecule has 0 amide bonds. The van der Waals surface area contributed by atoms with E-state index in [4.69, 9.17) is 4.74 Å². The Morgan fingerprint density at radius 1 is 1.03 bits per heavy atom. The number of H-pyrrole nitrogens is 1. The molecule has 0 unspecified atom stereocenters. The lowest BCUT2D eigenvalue weighted by atomic mass is 10.0. The Morgan fingerprint density at radius 3 is 2.43 bits per heavy atom. The van der Waals surface area contributed by atoms with Crippen molar-refractivity contribution in [3.63, 3.8) is 0 Å². The Labute approximate surface area is 174 Å². The number of nitrogens with one attached hydrogen (secondary N) is 1. The van der Waals surface area contributed by atoms with Crippen molar-refractivity contribution in [2.24, 2.45) is 4.99 Å². The molecule has 0 aliphatic rings. The highest BCUT2D eigenvalue weighted by Gasteiger charge is 2.19. The second-order valence-corrected chi connectivity index (χ2v) is 6.91. The molecule has 0 atom stereocenters. The minimum absolute atomic E-state index is 0.165. The van der Waals surface area contributed by atoms with Gasteiger partial charge in [-0.1, -0.05) is 24.3 Å². The highest BCUT2D eigenvalue weighted by atomic mass is 16.5. The second-order valence-electron chi connectivity index (χ2n) is 6.91. The van der Waals surface area contributed by atoms with Crippen LogP contribution in [0.15, 0.2) is 82.7 Å². The summed E-state index contributed by atoms with van der Waals surface area (Å²) in [6.45, 7) is 3.78. The van der Waals surface area contributed by atoms with Gasteiger partial charge in [0.15, 0.2) is 5.82 Å². The molecule has 0 saturated heterocycles. The fraction of sp³-hybridized carbons (Fsp3) is 0.125. The third-order valence-corrected chi connectivity index (χ3v) is 4.90. The number of ether oxygens (including phenoxy) is 1. The average Bonchev–Trinajstić information content (AvgIpc) is 3.13. The van der Waals surface area contributed by atoms with Gasteiger partial charge < -0.3 is 4.74 Å². The fourth-order valence-corrected chi connectivity index (χ4v) is 3.31. The standard InChI is InChI=1S/C24H22N4O2/c1-16-8-7-15-25-23(16)26-17(2)21-22(18-11-13-20(30-3)14-12-18)27-28(24(21)29)19-9-5-4-6-10-19/h4-15,27H,1-3H3. The van der Waals surface area contributed by atoms with E-state index in [9.17, 15) is 4.79 Å². The minimum Gasteiger partial charge on any atom is -0.497 e. The SMILES string of the molecule is COc1ccc(-c2[nH]n(-c3ccccc3)c(=O)c2C(C)=Nc2ncccc2C)cc1. The molecule has 1 N–H and O–H groups in total. The highest BCUT2D eigenvalue weighted by Crippen LogP contribution is 2.25. The van der Waals surface area contributed by atoms with Crippen LogP contribution < -0.4 is 10.3 Å². The molecule has 2 aromatic heterocycles. The Kier molecular flexibility index (Phi) is 5.30. The first-order chi connectivity index (χ1) is 14.6. The number of aromatic amines is 1. The monoisotopic (exact) mass is 398 g/mol.